The zero-order chi connectivity index (χ0) is 15.9. The van der Waals surface area contributed by atoms with Gasteiger partial charge in [0.2, 0.25) is 0 Å². The van der Waals surface area contributed by atoms with E-state index in [-0.39, 0.29) is 17.7 Å². The van der Waals surface area contributed by atoms with Gasteiger partial charge in [-0.15, -0.1) is 0 Å². The molecule has 0 spiro atoms. The highest BCUT2D eigenvalue weighted by atomic mass is 16.5. The first-order valence-electron chi connectivity index (χ1n) is 7.21. The lowest BCUT2D eigenvalue weighted by Gasteiger charge is -2.17. The molecule has 1 heterocycles. The second-order valence-electron chi connectivity index (χ2n) is 5.24. The maximum atomic E-state index is 12.1. The molecule has 5 nitrogen and oxygen atoms in total. The van der Waals surface area contributed by atoms with Gasteiger partial charge in [0.25, 0.3) is 5.91 Å². The Morgan fingerprint density at radius 2 is 2.00 bits per heavy atom. The zero-order valence-electron chi connectivity index (χ0n) is 12.8. The number of hydrogen-bond acceptors (Lipinski definition) is 4. The van der Waals surface area contributed by atoms with Crippen molar-refractivity contribution in [3.8, 4) is 0 Å². The summed E-state index contributed by atoms with van der Waals surface area (Å²) in [6, 6.07) is 12.5. The molecule has 0 aliphatic rings. The van der Waals surface area contributed by atoms with Gasteiger partial charge in [-0.05, 0) is 31.0 Å². The van der Waals surface area contributed by atoms with Crippen LogP contribution in [0.15, 0.2) is 46.9 Å². The van der Waals surface area contributed by atoms with Crippen molar-refractivity contribution in [3.63, 3.8) is 0 Å². The Labute approximate surface area is 129 Å². The first kappa shape index (κ1) is 16.3. The Hall–Kier alpha value is -2.11. The van der Waals surface area contributed by atoms with Crippen molar-refractivity contribution in [2.75, 3.05) is 7.11 Å². The van der Waals surface area contributed by atoms with Crippen molar-refractivity contribution in [2.45, 2.75) is 32.1 Å². The number of amides is 1. The van der Waals surface area contributed by atoms with Crippen molar-refractivity contribution in [1.82, 2.24) is 5.32 Å². The zero-order valence-corrected chi connectivity index (χ0v) is 12.8. The Bertz CT molecular complexity index is 594. The topological polar surface area (TPSA) is 71.7 Å². The van der Waals surface area contributed by atoms with E-state index in [0.29, 0.717) is 18.8 Å². The quantitative estimate of drug-likeness (QED) is 0.825. The molecular formula is C17H21NO4. The van der Waals surface area contributed by atoms with Gasteiger partial charge < -0.3 is 19.6 Å². The van der Waals surface area contributed by atoms with Crippen molar-refractivity contribution in [1.29, 1.82) is 0 Å². The van der Waals surface area contributed by atoms with E-state index in [0.717, 1.165) is 5.56 Å². The number of aliphatic hydroxyl groups is 1. The molecule has 0 unspecified atom stereocenters. The summed E-state index contributed by atoms with van der Waals surface area (Å²) in [4.78, 5) is 12.1. The monoisotopic (exact) mass is 303 g/mol. The summed E-state index contributed by atoms with van der Waals surface area (Å²) in [6.07, 6.45) is -0.182. The van der Waals surface area contributed by atoms with Crippen molar-refractivity contribution >= 4 is 5.91 Å². The highest BCUT2D eigenvalue weighted by molar-refractivity contribution is 5.91. The maximum absolute atomic E-state index is 12.1. The Morgan fingerprint density at radius 3 is 2.68 bits per heavy atom. The normalized spacial score (nSPS) is 13.6. The largest absolute Gasteiger partial charge is 0.453 e. The van der Waals surface area contributed by atoms with Gasteiger partial charge in [0.1, 0.15) is 12.4 Å². The summed E-state index contributed by atoms with van der Waals surface area (Å²) in [7, 11) is 1.56. The van der Waals surface area contributed by atoms with Gasteiger partial charge in [-0.3, -0.25) is 4.79 Å². The SMILES string of the molecule is COCc1ccc(C(=O)N[C@H](C)C[C@H](O)c2ccccc2)o1. The lowest BCUT2D eigenvalue weighted by atomic mass is 10.0. The number of methoxy groups -OCH3 is 1. The third-order valence-electron chi connectivity index (χ3n) is 3.31. The molecule has 2 aromatic rings. The number of carbonyl (C=O) groups excluding carboxylic acids is 1. The number of furan rings is 1. The second-order valence-corrected chi connectivity index (χ2v) is 5.24. The predicted octanol–water partition coefficient (Wildman–Crippen LogP) is 2.67. The van der Waals surface area contributed by atoms with E-state index in [1.54, 1.807) is 19.2 Å². The van der Waals surface area contributed by atoms with E-state index in [9.17, 15) is 9.90 Å². The smallest absolute Gasteiger partial charge is 0.287 e. The molecule has 118 valence electrons. The molecule has 22 heavy (non-hydrogen) atoms. The molecule has 2 rings (SSSR count). The first-order valence-corrected chi connectivity index (χ1v) is 7.21. The van der Waals surface area contributed by atoms with Gasteiger partial charge in [0, 0.05) is 13.2 Å². The number of hydrogen-bond donors (Lipinski definition) is 2. The van der Waals surface area contributed by atoms with E-state index < -0.39 is 6.10 Å². The van der Waals surface area contributed by atoms with Crippen LogP contribution in [0.4, 0.5) is 0 Å². The summed E-state index contributed by atoms with van der Waals surface area (Å²) in [5.41, 5.74) is 0.837. The van der Waals surface area contributed by atoms with Crippen LogP contribution in [0.5, 0.6) is 0 Å². The van der Waals surface area contributed by atoms with Crippen LogP contribution >= 0.6 is 0 Å². The average Bonchev–Trinajstić information content (AvgIpc) is 2.97. The summed E-state index contributed by atoms with van der Waals surface area (Å²) in [5, 5.41) is 13.0. The van der Waals surface area contributed by atoms with Crippen molar-refractivity contribution in [2.24, 2.45) is 0 Å². The summed E-state index contributed by atoms with van der Waals surface area (Å²) in [5.74, 6) is 0.549. The number of rotatable bonds is 7. The van der Waals surface area contributed by atoms with Gasteiger partial charge >= 0.3 is 0 Å². The van der Waals surface area contributed by atoms with Crippen LogP contribution in [0.1, 0.15) is 41.3 Å². The summed E-state index contributed by atoms with van der Waals surface area (Å²) >= 11 is 0. The molecular weight excluding hydrogens is 282 g/mol. The van der Waals surface area contributed by atoms with Crippen LogP contribution in [0.2, 0.25) is 0 Å². The van der Waals surface area contributed by atoms with E-state index >= 15 is 0 Å². The minimum atomic E-state index is -0.614. The molecule has 0 fully saturated rings. The fourth-order valence-electron chi connectivity index (χ4n) is 2.22. The molecule has 2 N–H and O–H groups in total. The van der Waals surface area contributed by atoms with E-state index in [1.165, 1.54) is 0 Å². The molecule has 0 radical (unpaired) electrons. The van der Waals surface area contributed by atoms with Gasteiger partial charge in [0.15, 0.2) is 5.76 Å². The summed E-state index contributed by atoms with van der Waals surface area (Å²) < 4.78 is 10.3. The Balaban J connectivity index is 1.88. The number of benzene rings is 1. The van der Waals surface area contributed by atoms with E-state index in [2.05, 4.69) is 5.32 Å². The lowest BCUT2D eigenvalue weighted by molar-refractivity contribution is 0.0881. The standard InChI is InChI=1S/C17H21NO4/c1-12(10-15(19)13-6-4-3-5-7-13)18-17(20)16-9-8-14(22-16)11-21-2/h3-9,12,15,19H,10-11H2,1-2H3,(H,18,20)/t12-,15+/m1/s1. The number of ether oxygens (including phenoxy) is 1. The molecule has 1 aromatic carbocycles. The van der Waals surface area contributed by atoms with E-state index in [4.69, 9.17) is 9.15 Å². The average molecular weight is 303 g/mol. The minimum Gasteiger partial charge on any atom is -0.453 e. The molecule has 0 aliphatic carbocycles. The van der Waals surface area contributed by atoms with Crippen LogP contribution in [-0.2, 0) is 11.3 Å². The van der Waals surface area contributed by atoms with E-state index in [1.807, 2.05) is 37.3 Å². The van der Waals surface area contributed by atoms with Crippen LogP contribution < -0.4 is 5.32 Å². The summed E-state index contributed by atoms with van der Waals surface area (Å²) in [6.45, 7) is 2.18. The highest BCUT2D eigenvalue weighted by Crippen LogP contribution is 2.18. The molecule has 0 saturated carbocycles. The third kappa shape index (κ3) is 4.44. The highest BCUT2D eigenvalue weighted by Gasteiger charge is 2.17. The fraction of sp³-hybridized carbons (Fsp3) is 0.353. The molecule has 1 amide bonds. The Kier molecular flexibility index (Phi) is 5.75. The number of nitrogens with one attached hydrogen (secondary N) is 1. The van der Waals surface area contributed by atoms with Gasteiger partial charge in [0.05, 0.1) is 6.10 Å². The first-order chi connectivity index (χ1) is 10.6. The molecule has 0 saturated heterocycles. The molecule has 5 heteroatoms. The molecule has 0 aliphatic heterocycles. The Morgan fingerprint density at radius 1 is 1.27 bits per heavy atom. The van der Waals surface area contributed by atoms with Crippen LogP contribution in [0, 0.1) is 0 Å². The second kappa shape index (κ2) is 7.77. The van der Waals surface area contributed by atoms with Crippen molar-refractivity contribution in [3.05, 3.63) is 59.5 Å². The molecule has 1 aromatic heterocycles. The van der Waals surface area contributed by atoms with Gasteiger partial charge in [-0.25, -0.2) is 0 Å². The van der Waals surface area contributed by atoms with Crippen LogP contribution in [-0.4, -0.2) is 24.2 Å². The fourth-order valence-corrected chi connectivity index (χ4v) is 2.22. The third-order valence-corrected chi connectivity index (χ3v) is 3.31. The van der Waals surface area contributed by atoms with Crippen molar-refractivity contribution < 1.29 is 19.1 Å². The lowest BCUT2D eigenvalue weighted by Crippen LogP contribution is -2.33. The minimum absolute atomic E-state index is 0.182. The van der Waals surface area contributed by atoms with Crippen LogP contribution in [0.25, 0.3) is 0 Å². The van der Waals surface area contributed by atoms with Crippen LogP contribution in [0.3, 0.4) is 0 Å². The maximum Gasteiger partial charge on any atom is 0.287 e. The van der Waals surface area contributed by atoms with Gasteiger partial charge in [-0.1, -0.05) is 30.3 Å². The number of aliphatic hydroxyl groups excluding tert-OH is 1. The van der Waals surface area contributed by atoms with Gasteiger partial charge in [-0.2, -0.15) is 0 Å². The molecule has 2 atom stereocenters. The number of carbonyl (C=O) groups is 1. The molecule has 0 bridgehead atoms. The predicted molar refractivity (Wildman–Crippen MR) is 82.4 cm³/mol.